The normalized spacial score (nSPS) is 11.9. The van der Waals surface area contributed by atoms with Crippen molar-refractivity contribution >= 4 is 13.4 Å². The second kappa shape index (κ2) is 6.94. The van der Waals surface area contributed by atoms with Gasteiger partial charge in [-0.1, -0.05) is 6.07 Å². The maximum Gasteiger partial charge on any atom is 0.433 e. The molecule has 0 unspecified atom stereocenters. The molecule has 0 saturated carbocycles. The zero-order chi connectivity index (χ0) is 14.5. The summed E-state index contributed by atoms with van der Waals surface area (Å²) in [5, 5.41) is 2.82. The van der Waals surface area contributed by atoms with Gasteiger partial charge in [0.2, 0.25) is 0 Å². The SMILES string of the molecule is COc1cccc(NP(=O)(OC(C)C)OC(C)C)c1. The summed E-state index contributed by atoms with van der Waals surface area (Å²) in [7, 11) is -1.81. The molecule has 0 spiro atoms. The number of hydrogen-bond acceptors (Lipinski definition) is 4. The van der Waals surface area contributed by atoms with E-state index in [2.05, 4.69) is 5.09 Å². The van der Waals surface area contributed by atoms with E-state index in [-0.39, 0.29) is 12.2 Å². The smallest absolute Gasteiger partial charge is 0.433 e. The van der Waals surface area contributed by atoms with Gasteiger partial charge in [0.15, 0.2) is 0 Å². The first kappa shape index (κ1) is 16.0. The maximum absolute atomic E-state index is 12.6. The van der Waals surface area contributed by atoms with Crippen LogP contribution in [0.3, 0.4) is 0 Å². The van der Waals surface area contributed by atoms with Crippen LogP contribution in [0.25, 0.3) is 0 Å². The van der Waals surface area contributed by atoms with Gasteiger partial charge in [0.1, 0.15) is 5.75 Å². The van der Waals surface area contributed by atoms with E-state index in [1.807, 2.05) is 33.8 Å². The number of ether oxygens (including phenoxy) is 1. The van der Waals surface area contributed by atoms with Crippen molar-refractivity contribution in [1.82, 2.24) is 0 Å². The van der Waals surface area contributed by atoms with Gasteiger partial charge < -0.3 is 4.74 Å². The minimum atomic E-state index is -3.39. The first-order valence-corrected chi connectivity index (χ1v) is 7.78. The van der Waals surface area contributed by atoms with Crippen LogP contribution in [0, 0.1) is 0 Å². The van der Waals surface area contributed by atoms with Crippen LogP contribution < -0.4 is 9.82 Å². The third-order valence-corrected chi connectivity index (χ3v) is 3.97. The van der Waals surface area contributed by atoms with Crippen LogP contribution in [0.4, 0.5) is 5.69 Å². The first-order valence-electron chi connectivity index (χ1n) is 6.24. The molecule has 0 aliphatic heterocycles. The second-order valence-corrected chi connectivity index (χ2v) is 6.29. The van der Waals surface area contributed by atoms with Crippen LogP contribution in [-0.2, 0) is 13.6 Å². The van der Waals surface area contributed by atoms with Crippen LogP contribution in [0.1, 0.15) is 27.7 Å². The van der Waals surface area contributed by atoms with Crippen molar-refractivity contribution in [2.24, 2.45) is 0 Å². The molecule has 0 saturated heterocycles. The monoisotopic (exact) mass is 287 g/mol. The van der Waals surface area contributed by atoms with Gasteiger partial charge in [0, 0.05) is 11.8 Å². The molecule has 6 heteroatoms. The lowest BCUT2D eigenvalue weighted by molar-refractivity contribution is 0.146. The predicted molar refractivity (Wildman–Crippen MR) is 76.7 cm³/mol. The fraction of sp³-hybridized carbons (Fsp3) is 0.538. The molecule has 0 radical (unpaired) electrons. The Bertz CT molecular complexity index is 434. The van der Waals surface area contributed by atoms with Crippen LogP contribution >= 0.6 is 7.75 Å². The Kier molecular flexibility index (Phi) is 5.85. The van der Waals surface area contributed by atoms with Crippen LogP contribution in [0.15, 0.2) is 24.3 Å². The number of rotatable bonds is 7. The molecule has 1 N–H and O–H groups in total. The molecular weight excluding hydrogens is 265 g/mol. The van der Waals surface area contributed by atoms with E-state index >= 15 is 0 Å². The quantitative estimate of drug-likeness (QED) is 0.766. The number of hydrogen-bond donors (Lipinski definition) is 1. The molecule has 1 aromatic rings. The predicted octanol–water partition coefficient (Wildman–Crippen LogP) is 4.07. The molecule has 108 valence electrons. The Morgan fingerprint density at radius 3 is 2.16 bits per heavy atom. The zero-order valence-electron chi connectivity index (χ0n) is 12.0. The summed E-state index contributed by atoms with van der Waals surface area (Å²) in [4.78, 5) is 0. The van der Waals surface area contributed by atoms with E-state index in [0.29, 0.717) is 11.4 Å². The van der Waals surface area contributed by atoms with Crippen LogP contribution in [0.5, 0.6) is 5.75 Å². The van der Waals surface area contributed by atoms with Gasteiger partial charge in [-0.3, -0.25) is 14.1 Å². The largest absolute Gasteiger partial charge is 0.497 e. The van der Waals surface area contributed by atoms with Gasteiger partial charge in [-0.05, 0) is 39.8 Å². The third kappa shape index (κ3) is 5.64. The zero-order valence-corrected chi connectivity index (χ0v) is 12.9. The average molecular weight is 287 g/mol. The molecule has 5 nitrogen and oxygen atoms in total. The second-order valence-electron chi connectivity index (χ2n) is 4.65. The molecule has 0 fully saturated rings. The molecule has 1 rings (SSSR count). The van der Waals surface area contributed by atoms with Crippen molar-refractivity contribution in [3.05, 3.63) is 24.3 Å². The standard InChI is InChI=1S/C13H22NO4P/c1-10(2)17-19(15,18-11(3)4)14-12-7-6-8-13(9-12)16-5/h6-11H,1-5H3,(H,14,15). The Balaban J connectivity index is 2.90. The highest BCUT2D eigenvalue weighted by Crippen LogP contribution is 2.50. The lowest BCUT2D eigenvalue weighted by atomic mass is 10.3. The highest BCUT2D eigenvalue weighted by atomic mass is 31.2. The Hall–Kier alpha value is -1.03. The molecule has 0 heterocycles. The van der Waals surface area contributed by atoms with E-state index < -0.39 is 7.75 Å². The highest BCUT2D eigenvalue weighted by Gasteiger charge is 2.28. The minimum absolute atomic E-state index is 0.206. The van der Waals surface area contributed by atoms with Crippen molar-refractivity contribution in [3.8, 4) is 5.75 Å². The summed E-state index contributed by atoms with van der Waals surface area (Å²) in [5.74, 6) is 0.672. The summed E-state index contributed by atoms with van der Waals surface area (Å²) < 4.78 is 28.5. The fourth-order valence-electron chi connectivity index (χ4n) is 1.48. The van der Waals surface area contributed by atoms with Gasteiger partial charge in [0.05, 0.1) is 19.3 Å². The van der Waals surface area contributed by atoms with Crippen molar-refractivity contribution < 1.29 is 18.3 Å². The van der Waals surface area contributed by atoms with Crippen molar-refractivity contribution in [2.75, 3.05) is 12.2 Å². The number of anilines is 1. The molecule has 0 aliphatic carbocycles. The molecule has 0 aliphatic rings. The third-order valence-electron chi connectivity index (χ3n) is 2.03. The number of benzene rings is 1. The molecule has 0 atom stereocenters. The van der Waals surface area contributed by atoms with Gasteiger partial charge >= 0.3 is 7.75 Å². The average Bonchev–Trinajstić information content (AvgIpc) is 2.26. The van der Waals surface area contributed by atoms with E-state index in [1.165, 1.54) is 0 Å². The number of nitrogens with one attached hydrogen (secondary N) is 1. The Labute approximate surface area is 114 Å². The number of methoxy groups -OCH3 is 1. The summed E-state index contributed by atoms with van der Waals surface area (Å²) in [5.41, 5.74) is 0.629. The Morgan fingerprint density at radius 1 is 1.11 bits per heavy atom. The lowest BCUT2D eigenvalue weighted by Crippen LogP contribution is -2.13. The molecule has 0 aromatic heterocycles. The van der Waals surface area contributed by atoms with Crippen molar-refractivity contribution in [2.45, 2.75) is 39.9 Å². The van der Waals surface area contributed by atoms with E-state index in [1.54, 1.807) is 25.3 Å². The molecule has 0 bridgehead atoms. The topological polar surface area (TPSA) is 56.8 Å². The van der Waals surface area contributed by atoms with E-state index in [4.69, 9.17) is 13.8 Å². The maximum atomic E-state index is 12.6. The van der Waals surface area contributed by atoms with E-state index in [0.717, 1.165) is 0 Å². The summed E-state index contributed by atoms with van der Waals surface area (Å²) in [6, 6.07) is 7.13. The molecule has 0 amide bonds. The van der Waals surface area contributed by atoms with Crippen molar-refractivity contribution in [1.29, 1.82) is 0 Å². The first-order chi connectivity index (χ1) is 8.84. The lowest BCUT2D eigenvalue weighted by Gasteiger charge is -2.23. The molecule has 1 aromatic carbocycles. The summed E-state index contributed by atoms with van der Waals surface area (Å²) >= 11 is 0. The summed E-state index contributed by atoms with van der Waals surface area (Å²) in [6.45, 7) is 7.24. The minimum Gasteiger partial charge on any atom is -0.497 e. The van der Waals surface area contributed by atoms with Gasteiger partial charge in [-0.2, -0.15) is 0 Å². The van der Waals surface area contributed by atoms with Gasteiger partial charge in [-0.15, -0.1) is 0 Å². The summed E-state index contributed by atoms with van der Waals surface area (Å²) in [6.07, 6.45) is -0.412. The highest BCUT2D eigenvalue weighted by molar-refractivity contribution is 7.55. The van der Waals surface area contributed by atoms with Gasteiger partial charge in [0.25, 0.3) is 0 Å². The van der Waals surface area contributed by atoms with Crippen LogP contribution in [-0.4, -0.2) is 19.3 Å². The van der Waals surface area contributed by atoms with Gasteiger partial charge in [-0.25, -0.2) is 4.57 Å². The molecular formula is C13H22NO4P. The Morgan fingerprint density at radius 2 is 1.68 bits per heavy atom. The fourth-order valence-corrected chi connectivity index (χ4v) is 3.20. The van der Waals surface area contributed by atoms with Crippen LogP contribution in [0.2, 0.25) is 0 Å². The molecule has 19 heavy (non-hydrogen) atoms. The van der Waals surface area contributed by atoms with E-state index in [9.17, 15) is 4.57 Å². The van der Waals surface area contributed by atoms with Crippen molar-refractivity contribution in [3.63, 3.8) is 0 Å².